The van der Waals surface area contributed by atoms with Crippen LogP contribution < -0.4 is 5.32 Å². The Hall–Kier alpha value is -0.860. The Labute approximate surface area is 98.0 Å². The minimum atomic E-state index is 0.188. The third-order valence-electron chi connectivity index (χ3n) is 3.06. The molecular formula is C13H23NO2. The van der Waals surface area contributed by atoms with Crippen molar-refractivity contribution in [3.8, 4) is 0 Å². The molecule has 0 aliphatic carbocycles. The summed E-state index contributed by atoms with van der Waals surface area (Å²) in [7, 11) is 0. The number of hydrogen-bond donors (Lipinski definition) is 1. The van der Waals surface area contributed by atoms with Crippen molar-refractivity contribution in [1.82, 2.24) is 5.32 Å². The average Bonchev–Trinajstić information content (AvgIpc) is 2.27. The number of Topliss-reactive ketones (excluding diaryl/α,β-unsaturated/α-hetero) is 1. The van der Waals surface area contributed by atoms with Crippen LogP contribution in [0, 0.1) is 0 Å². The summed E-state index contributed by atoms with van der Waals surface area (Å²) in [6, 6.07) is 0. The zero-order valence-electron chi connectivity index (χ0n) is 10.1. The first-order valence-electron chi connectivity index (χ1n) is 6.57. The fourth-order valence-electron chi connectivity index (χ4n) is 2.03. The van der Waals surface area contributed by atoms with E-state index in [1.807, 2.05) is 0 Å². The van der Waals surface area contributed by atoms with Gasteiger partial charge in [-0.1, -0.05) is 19.3 Å². The van der Waals surface area contributed by atoms with E-state index >= 15 is 0 Å². The summed E-state index contributed by atoms with van der Waals surface area (Å²) in [5.74, 6) is 0.606. The van der Waals surface area contributed by atoms with Gasteiger partial charge in [-0.25, -0.2) is 0 Å². The van der Waals surface area contributed by atoms with Crippen molar-refractivity contribution in [2.24, 2.45) is 0 Å². The lowest BCUT2D eigenvalue weighted by molar-refractivity contribution is -0.121. The molecule has 3 heteroatoms. The molecule has 3 nitrogen and oxygen atoms in total. The number of hydrogen-bond acceptors (Lipinski definition) is 2. The van der Waals surface area contributed by atoms with Crippen molar-refractivity contribution in [1.29, 1.82) is 0 Å². The minimum absolute atomic E-state index is 0.188. The number of rotatable bonds is 0. The van der Waals surface area contributed by atoms with Gasteiger partial charge >= 0.3 is 0 Å². The maximum atomic E-state index is 11.4. The molecule has 92 valence electrons. The van der Waals surface area contributed by atoms with Crippen LogP contribution in [-0.2, 0) is 9.59 Å². The highest BCUT2D eigenvalue weighted by Crippen LogP contribution is 2.09. The van der Waals surface area contributed by atoms with Crippen LogP contribution >= 0.6 is 0 Å². The van der Waals surface area contributed by atoms with Gasteiger partial charge in [-0.05, 0) is 25.7 Å². The van der Waals surface area contributed by atoms with Crippen LogP contribution in [0.3, 0.4) is 0 Å². The molecule has 1 aliphatic rings. The Morgan fingerprint density at radius 3 is 1.94 bits per heavy atom. The predicted molar refractivity (Wildman–Crippen MR) is 64.2 cm³/mol. The van der Waals surface area contributed by atoms with Crippen LogP contribution in [0.25, 0.3) is 0 Å². The summed E-state index contributed by atoms with van der Waals surface area (Å²) in [5, 5.41) is 2.92. The number of ketones is 1. The molecule has 0 unspecified atom stereocenters. The van der Waals surface area contributed by atoms with Crippen molar-refractivity contribution in [2.75, 3.05) is 6.54 Å². The summed E-state index contributed by atoms with van der Waals surface area (Å²) >= 11 is 0. The molecule has 0 atom stereocenters. The smallest absolute Gasteiger partial charge is 0.219 e. The fraction of sp³-hybridized carbons (Fsp3) is 0.846. The maximum Gasteiger partial charge on any atom is 0.219 e. The van der Waals surface area contributed by atoms with Gasteiger partial charge < -0.3 is 5.32 Å². The quantitative estimate of drug-likeness (QED) is 0.688. The summed E-state index contributed by atoms with van der Waals surface area (Å²) in [6.07, 6.45) is 9.26. The summed E-state index contributed by atoms with van der Waals surface area (Å²) in [6.45, 7) is 0.771. The third-order valence-corrected chi connectivity index (χ3v) is 3.06. The van der Waals surface area contributed by atoms with Crippen molar-refractivity contribution in [3.05, 3.63) is 0 Å². The standard InChI is InChI=1S/C13H23NO2/c15-12-8-4-1-2-6-10-13(16)14-11-7-3-5-9-12/h1-11H2,(H,14,16). The largest absolute Gasteiger partial charge is 0.356 e. The van der Waals surface area contributed by atoms with Gasteiger partial charge in [0.25, 0.3) is 0 Å². The zero-order chi connectivity index (χ0) is 11.6. The highest BCUT2D eigenvalue weighted by atomic mass is 16.1. The van der Waals surface area contributed by atoms with Gasteiger partial charge in [0.15, 0.2) is 0 Å². The summed E-state index contributed by atoms with van der Waals surface area (Å²) < 4.78 is 0. The molecule has 0 radical (unpaired) electrons. The Kier molecular flexibility index (Phi) is 6.86. The van der Waals surface area contributed by atoms with Gasteiger partial charge in [0.2, 0.25) is 5.91 Å². The second-order valence-electron chi connectivity index (χ2n) is 4.61. The lowest BCUT2D eigenvalue weighted by Crippen LogP contribution is -2.24. The molecule has 0 aromatic carbocycles. The molecule has 1 N–H and O–H groups in total. The van der Waals surface area contributed by atoms with Crippen molar-refractivity contribution < 1.29 is 9.59 Å². The van der Waals surface area contributed by atoms with Crippen molar-refractivity contribution >= 4 is 11.7 Å². The maximum absolute atomic E-state index is 11.4. The highest BCUT2D eigenvalue weighted by molar-refractivity contribution is 5.78. The van der Waals surface area contributed by atoms with Gasteiger partial charge in [0.1, 0.15) is 5.78 Å². The predicted octanol–water partition coefficient (Wildman–Crippen LogP) is 2.59. The molecule has 0 aromatic heterocycles. The molecule has 0 bridgehead atoms. The number of carbonyl (C=O) groups excluding carboxylic acids is 2. The molecule has 1 rings (SSSR count). The molecule has 0 aromatic rings. The van der Waals surface area contributed by atoms with E-state index in [1.165, 1.54) is 0 Å². The topological polar surface area (TPSA) is 46.2 Å². The van der Waals surface area contributed by atoms with Gasteiger partial charge in [-0.2, -0.15) is 0 Å². The van der Waals surface area contributed by atoms with E-state index in [9.17, 15) is 9.59 Å². The fourth-order valence-corrected chi connectivity index (χ4v) is 2.03. The lowest BCUT2D eigenvalue weighted by Gasteiger charge is -2.07. The van der Waals surface area contributed by atoms with Crippen molar-refractivity contribution in [2.45, 2.75) is 64.2 Å². The molecule has 0 saturated carbocycles. The Morgan fingerprint density at radius 1 is 0.688 bits per heavy atom. The first kappa shape index (κ1) is 13.2. The van der Waals surface area contributed by atoms with Crippen LogP contribution in [0.15, 0.2) is 0 Å². The van der Waals surface area contributed by atoms with Gasteiger partial charge in [0.05, 0.1) is 0 Å². The number of nitrogens with one attached hydrogen (secondary N) is 1. The molecule has 1 fully saturated rings. The summed E-state index contributed by atoms with van der Waals surface area (Å²) in [5.41, 5.74) is 0. The van der Waals surface area contributed by atoms with E-state index in [-0.39, 0.29) is 5.91 Å². The second kappa shape index (κ2) is 8.31. The Morgan fingerprint density at radius 2 is 1.25 bits per heavy atom. The van der Waals surface area contributed by atoms with Crippen LogP contribution in [-0.4, -0.2) is 18.2 Å². The number of amides is 1. The van der Waals surface area contributed by atoms with E-state index in [1.54, 1.807) is 0 Å². The van der Waals surface area contributed by atoms with Crippen LogP contribution in [0.5, 0.6) is 0 Å². The van der Waals surface area contributed by atoms with E-state index in [4.69, 9.17) is 0 Å². The van der Waals surface area contributed by atoms with E-state index in [0.717, 1.165) is 64.3 Å². The van der Waals surface area contributed by atoms with E-state index in [0.29, 0.717) is 12.2 Å². The van der Waals surface area contributed by atoms with Crippen LogP contribution in [0.1, 0.15) is 64.2 Å². The van der Waals surface area contributed by atoms with Gasteiger partial charge in [0, 0.05) is 25.8 Å². The minimum Gasteiger partial charge on any atom is -0.356 e. The van der Waals surface area contributed by atoms with Crippen LogP contribution in [0.4, 0.5) is 0 Å². The third kappa shape index (κ3) is 6.59. The normalized spacial score (nSPS) is 22.2. The molecule has 1 saturated heterocycles. The molecular weight excluding hydrogens is 202 g/mol. The van der Waals surface area contributed by atoms with Gasteiger partial charge in [-0.15, -0.1) is 0 Å². The first-order valence-corrected chi connectivity index (χ1v) is 6.57. The van der Waals surface area contributed by atoms with Crippen molar-refractivity contribution in [3.63, 3.8) is 0 Å². The monoisotopic (exact) mass is 225 g/mol. The Bertz CT molecular complexity index is 182. The first-order chi connectivity index (χ1) is 7.79. The Balaban J connectivity index is 2.23. The van der Waals surface area contributed by atoms with Crippen LogP contribution in [0.2, 0.25) is 0 Å². The molecule has 1 heterocycles. The molecule has 1 amide bonds. The number of carbonyl (C=O) groups is 2. The molecule has 16 heavy (non-hydrogen) atoms. The second-order valence-corrected chi connectivity index (χ2v) is 4.61. The molecule has 1 aliphatic heterocycles. The lowest BCUT2D eigenvalue weighted by atomic mass is 10.0. The molecule has 0 spiro atoms. The van der Waals surface area contributed by atoms with E-state index < -0.39 is 0 Å². The van der Waals surface area contributed by atoms with Gasteiger partial charge in [-0.3, -0.25) is 9.59 Å². The van der Waals surface area contributed by atoms with E-state index in [2.05, 4.69) is 5.32 Å². The zero-order valence-corrected chi connectivity index (χ0v) is 10.1. The highest BCUT2D eigenvalue weighted by Gasteiger charge is 2.04. The SMILES string of the molecule is O=C1CCCCCCC(=O)NCCCCC1. The average molecular weight is 225 g/mol. The summed E-state index contributed by atoms with van der Waals surface area (Å²) in [4.78, 5) is 22.8.